The van der Waals surface area contributed by atoms with Crippen molar-refractivity contribution in [3.63, 3.8) is 0 Å². The highest BCUT2D eigenvalue weighted by Gasteiger charge is 2.58. The summed E-state index contributed by atoms with van der Waals surface area (Å²) in [7, 11) is 0. The lowest BCUT2D eigenvalue weighted by Gasteiger charge is -2.35. The van der Waals surface area contributed by atoms with Gasteiger partial charge in [-0.15, -0.1) is 0 Å². The van der Waals surface area contributed by atoms with Crippen LogP contribution >= 0.6 is 11.8 Å². The van der Waals surface area contributed by atoms with Crippen LogP contribution in [0.2, 0.25) is 0 Å². The predicted molar refractivity (Wildman–Crippen MR) is 87.3 cm³/mol. The zero-order chi connectivity index (χ0) is 17.5. The van der Waals surface area contributed by atoms with Gasteiger partial charge in [0.25, 0.3) is 0 Å². The van der Waals surface area contributed by atoms with E-state index in [1.807, 2.05) is 0 Å². The molecule has 4 aliphatic carbocycles. The molecule has 1 aromatic heterocycles. The molecule has 4 aliphatic rings. The second-order valence-corrected chi connectivity index (χ2v) is 8.34. The Morgan fingerprint density at radius 2 is 1.44 bits per heavy atom. The highest BCUT2D eigenvalue weighted by Crippen LogP contribution is 2.70. The molecular weight excluding hydrogens is 351 g/mol. The summed E-state index contributed by atoms with van der Waals surface area (Å²) in [5, 5.41) is 21.5. The Balaban J connectivity index is 1.56. The van der Waals surface area contributed by atoms with E-state index in [4.69, 9.17) is 0 Å². The normalized spacial score (nSPS) is 29.4. The smallest absolute Gasteiger partial charge is 0.446 e. The number of thioether (sulfide) groups is 1. The van der Waals surface area contributed by atoms with E-state index in [1.54, 1.807) is 0 Å². The van der Waals surface area contributed by atoms with Crippen LogP contribution in [0.1, 0.15) is 42.2 Å². The van der Waals surface area contributed by atoms with Gasteiger partial charge in [-0.3, -0.25) is 4.57 Å². The van der Waals surface area contributed by atoms with Gasteiger partial charge in [-0.2, -0.15) is 13.2 Å². The first-order valence-electron chi connectivity index (χ1n) is 8.37. The fourth-order valence-corrected chi connectivity index (χ4v) is 5.56. The van der Waals surface area contributed by atoms with Gasteiger partial charge in [-0.25, -0.2) is 0 Å². The molecule has 1 heterocycles. The van der Waals surface area contributed by atoms with Gasteiger partial charge in [0, 0.05) is 16.0 Å². The maximum atomic E-state index is 12.5. The van der Waals surface area contributed by atoms with E-state index in [0.717, 1.165) is 24.0 Å². The second-order valence-electron chi connectivity index (χ2n) is 7.21. The molecule has 2 saturated carbocycles. The quantitative estimate of drug-likeness (QED) is 0.725. The predicted octanol–water partition coefficient (Wildman–Crippen LogP) is 5.11. The Morgan fingerprint density at radius 1 is 0.920 bits per heavy atom. The largest absolute Gasteiger partial charge is 0.494 e. The fraction of sp³-hybridized carbons (Fsp3) is 0.444. The van der Waals surface area contributed by atoms with Crippen molar-refractivity contribution in [3.05, 3.63) is 35.4 Å². The number of fused-ring (bicyclic) bond motifs is 1. The van der Waals surface area contributed by atoms with Gasteiger partial charge in [0.1, 0.15) is 0 Å². The lowest BCUT2D eigenvalue weighted by molar-refractivity contribution is -0.0328. The van der Waals surface area contributed by atoms with E-state index < -0.39 is 5.51 Å². The molecule has 1 aromatic carbocycles. The SMILES string of the molecule is Oc1c2c(c(O)n1-c1ccc(SC(F)(F)F)cc1)[C@@H]1CC[C@H]2[C@H]2C[C@H]21. The molecule has 7 heteroatoms. The van der Waals surface area contributed by atoms with Crippen LogP contribution < -0.4 is 0 Å². The highest BCUT2D eigenvalue weighted by atomic mass is 32.2. The molecule has 0 radical (unpaired) electrons. The van der Waals surface area contributed by atoms with Crippen molar-refractivity contribution < 1.29 is 23.4 Å². The topological polar surface area (TPSA) is 45.4 Å². The number of hydrogen-bond donors (Lipinski definition) is 2. The average Bonchev–Trinajstić information content (AvgIpc) is 3.32. The number of aromatic nitrogens is 1. The molecule has 0 aliphatic heterocycles. The third-order valence-corrected chi connectivity index (χ3v) is 6.72. The van der Waals surface area contributed by atoms with Gasteiger partial charge in [0.15, 0.2) is 0 Å². The van der Waals surface area contributed by atoms with Gasteiger partial charge in [-0.05, 0) is 79.0 Å². The lowest BCUT2D eigenvalue weighted by atomic mass is 9.68. The Labute approximate surface area is 146 Å². The van der Waals surface area contributed by atoms with Gasteiger partial charge in [0.2, 0.25) is 11.8 Å². The molecule has 0 saturated heterocycles. The first kappa shape index (κ1) is 15.5. The van der Waals surface area contributed by atoms with Crippen LogP contribution in [0.4, 0.5) is 13.2 Å². The van der Waals surface area contributed by atoms with Gasteiger partial charge in [0.05, 0.1) is 5.69 Å². The molecule has 2 aromatic rings. The summed E-state index contributed by atoms with van der Waals surface area (Å²) in [5.41, 5.74) is -2.13. The molecule has 4 atom stereocenters. The van der Waals surface area contributed by atoms with E-state index in [-0.39, 0.29) is 28.4 Å². The molecule has 0 amide bonds. The third kappa shape index (κ3) is 2.21. The number of halogens is 3. The number of alkyl halides is 3. The number of nitrogens with zero attached hydrogens (tertiary/aromatic N) is 1. The molecule has 0 spiro atoms. The maximum absolute atomic E-state index is 12.5. The van der Waals surface area contributed by atoms with E-state index in [2.05, 4.69) is 0 Å². The maximum Gasteiger partial charge on any atom is 0.446 e. The minimum Gasteiger partial charge on any atom is -0.494 e. The molecule has 2 bridgehead atoms. The summed E-state index contributed by atoms with van der Waals surface area (Å²) in [4.78, 5) is 0.0773. The number of rotatable bonds is 2. The fourth-order valence-electron chi connectivity index (χ4n) is 5.02. The highest BCUT2D eigenvalue weighted by molar-refractivity contribution is 8.00. The second kappa shape index (κ2) is 4.90. The Hall–Kier alpha value is -1.76. The number of hydrogen-bond acceptors (Lipinski definition) is 3. The average molecular weight is 367 g/mol. The Morgan fingerprint density at radius 3 is 1.92 bits per heavy atom. The number of benzene rings is 1. The van der Waals surface area contributed by atoms with Crippen molar-refractivity contribution in [2.24, 2.45) is 11.8 Å². The minimum atomic E-state index is -4.33. The molecular formula is C18H16F3NO2S. The first-order chi connectivity index (χ1) is 11.8. The van der Waals surface area contributed by atoms with Crippen molar-refractivity contribution in [3.8, 4) is 17.4 Å². The standard InChI is InChI=1S/C18H16F3NO2S/c19-18(20,21)25-9-3-1-8(2-4-9)22-16(23)14-10-5-6-11(13-7-12(10)13)15(14)17(22)24/h1-4,10-13,23-24H,5-7H2/t10-,11+,12+,13-. The minimum absolute atomic E-state index is 0.0452. The van der Waals surface area contributed by atoms with Crippen molar-refractivity contribution in [1.82, 2.24) is 4.57 Å². The lowest BCUT2D eigenvalue weighted by Crippen LogP contribution is -2.22. The van der Waals surface area contributed by atoms with Crippen LogP contribution in [0.15, 0.2) is 29.2 Å². The van der Waals surface area contributed by atoms with E-state index in [9.17, 15) is 23.4 Å². The summed E-state index contributed by atoms with van der Waals surface area (Å²) < 4.78 is 38.8. The molecule has 25 heavy (non-hydrogen) atoms. The summed E-state index contributed by atoms with van der Waals surface area (Å²) in [6.07, 6.45) is 3.25. The van der Waals surface area contributed by atoms with Crippen LogP contribution in [-0.2, 0) is 0 Å². The third-order valence-electron chi connectivity index (χ3n) is 5.98. The molecule has 6 rings (SSSR count). The van der Waals surface area contributed by atoms with Crippen LogP contribution in [0, 0.1) is 11.8 Å². The van der Waals surface area contributed by atoms with Gasteiger partial charge >= 0.3 is 5.51 Å². The van der Waals surface area contributed by atoms with E-state index in [0.29, 0.717) is 29.4 Å². The van der Waals surface area contributed by atoms with Crippen LogP contribution in [0.25, 0.3) is 5.69 Å². The van der Waals surface area contributed by atoms with Crippen molar-refractivity contribution in [2.45, 2.75) is 41.5 Å². The molecule has 132 valence electrons. The van der Waals surface area contributed by atoms with Crippen LogP contribution in [0.3, 0.4) is 0 Å². The summed E-state index contributed by atoms with van der Waals surface area (Å²) in [5.74, 6) is 1.94. The molecule has 2 fully saturated rings. The first-order valence-corrected chi connectivity index (χ1v) is 9.19. The van der Waals surface area contributed by atoms with Crippen molar-refractivity contribution in [2.75, 3.05) is 0 Å². The van der Waals surface area contributed by atoms with Gasteiger partial charge in [-0.1, -0.05) is 0 Å². The van der Waals surface area contributed by atoms with Crippen molar-refractivity contribution >= 4 is 11.8 Å². The van der Waals surface area contributed by atoms with Crippen LogP contribution in [0.5, 0.6) is 11.8 Å². The molecule has 3 nitrogen and oxygen atoms in total. The zero-order valence-electron chi connectivity index (χ0n) is 13.1. The monoisotopic (exact) mass is 367 g/mol. The summed E-state index contributed by atoms with van der Waals surface area (Å²) in [6.45, 7) is 0. The van der Waals surface area contributed by atoms with E-state index in [1.165, 1.54) is 35.3 Å². The number of aromatic hydroxyl groups is 2. The van der Waals surface area contributed by atoms with Crippen LogP contribution in [-0.4, -0.2) is 20.3 Å². The van der Waals surface area contributed by atoms with Crippen molar-refractivity contribution in [1.29, 1.82) is 0 Å². The zero-order valence-corrected chi connectivity index (χ0v) is 13.9. The Bertz CT molecular complexity index is 819. The van der Waals surface area contributed by atoms with E-state index >= 15 is 0 Å². The summed E-state index contributed by atoms with van der Waals surface area (Å²) in [6, 6.07) is 5.72. The molecule has 0 unspecified atom stereocenters. The van der Waals surface area contributed by atoms with Gasteiger partial charge < -0.3 is 10.2 Å². The molecule has 2 N–H and O–H groups in total. The summed E-state index contributed by atoms with van der Waals surface area (Å²) >= 11 is -0.177. The Kier molecular flexibility index (Phi) is 3.04.